The summed E-state index contributed by atoms with van der Waals surface area (Å²) < 4.78 is 5.71. The molecule has 1 N–H and O–H groups in total. The van der Waals surface area contributed by atoms with Crippen molar-refractivity contribution in [3.63, 3.8) is 0 Å². The molecule has 1 heterocycles. The molecule has 0 aromatic heterocycles. The Morgan fingerprint density at radius 3 is 2.54 bits per heavy atom. The fourth-order valence-electron chi connectivity index (χ4n) is 2.99. The van der Waals surface area contributed by atoms with Crippen molar-refractivity contribution in [3.8, 4) is 16.9 Å². The monoisotopic (exact) mass is 325 g/mol. The summed E-state index contributed by atoms with van der Waals surface area (Å²) in [4.78, 5) is 24.9. The van der Waals surface area contributed by atoms with Crippen LogP contribution >= 0.6 is 0 Å². The predicted octanol–water partition coefficient (Wildman–Crippen LogP) is 2.81. The number of carbonyl (C=O) groups is 2. The Bertz CT molecular complexity index is 729. The molecule has 0 bridgehead atoms. The van der Waals surface area contributed by atoms with Crippen LogP contribution in [-0.4, -0.2) is 41.1 Å². The third kappa shape index (κ3) is 3.40. The number of amides is 1. The minimum Gasteiger partial charge on any atom is -0.483 e. The Labute approximate surface area is 140 Å². The van der Waals surface area contributed by atoms with Gasteiger partial charge in [-0.3, -0.25) is 4.79 Å². The fraction of sp³-hybridized carbons (Fsp3) is 0.263. The van der Waals surface area contributed by atoms with Crippen molar-refractivity contribution in [2.45, 2.75) is 18.9 Å². The molecule has 3 rings (SSSR count). The Kier molecular flexibility index (Phi) is 4.79. The van der Waals surface area contributed by atoms with Gasteiger partial charge in [-0.05, 0) is 24.5 Å². The van der Waals surface area contributed by atoms with Gasteiger partial charge in [-0.15, -0.1) is 0 Å². The number of carbonyl (C=O) groups excluding carboxylic acids is 1. The standard InChI is InChI=1S/C19H19NO4/c21-18(20-12-6-10-16(20)19(22)23)13-24-17-11-5-4-9-15(17)14-7-2-1-3-8-14/h1-5,7-9,11,16H,6,10,12-13H2,(H,22,23). The number of ether oxygens (including phenoxy) is 1. The zero-order chi connectivity index (χ0) is 16.9. The lowest BCUT2D eigenvalue weighted by Gasteiger charge is -2.21. The van der Waals surface area contributed by atoms with Crippen LogP contribution < -0.4 is 4.74 Å². The third-order valence-corrected chi connectivity index (χ3v) is 4.18. The van der Waals surface area contributed by atoms with E-state index in [0.29, 0.717) is 25.1 Å². The van der Waals surface area contributed by atoms with E-state index >= 15 is 0 Å². The van der Waals surface area contributed by atoms with Gasteiger partial charge in [0.05, 0.1) is 0 Å². The molecule has 0 aliphatic carbocycles. The molecule has 1 unspecified atom stereocenters. The number of nitrogens with zero attached hydrogens (tertiary/aromatic N) is 1. The third-order valence-electron chi connectivity index (χ3n) is 4.18. The van der Waals surface area contributed by atoms with Gasteiger partial charge in [-0.1, -0.05) is 48.5 Å². The van der Waals surface area contributed by atoms with Crippen LogP contribution in [0.1, 0.15) is 12.8 Å². The summed E-state index contributed by atoms with van der Waals surface area (Å²) >= 11 is 0. The second-order valence-electron chi connectivity index (χ2n) is 5.73. The van der Waals surface area contributed by atoms with Crippen molar-refractivity contribution < 1.29 is 19.4 Å². The quantitative estimate of drug-likeness (QED) is 0.918. The zero-order valence-corrected chi connectivity index (χ0v) is 13.2. The van der Waals surface area contributed by atoms with Gasteiger partial charge in [-0.25, -0.2) is 4.79 Å². The minimum atomic E-state index is -0.953. The van der Waals surface area contributed by atoms with Gasteiger partial charge in [0.15, 0.2) is 6.61 Å². The Morgan fingerprint density at radius 2 is 1.79 bits per heavy atom. The van der Waals surface area contributed by atoms with Crippen LogP contribution in [0.5, 0.6) is 5.75 Å². The van der Waals surface area contributed by atoms with Crippen LogP contribution in [0, 0.1) is 0 Å². The lowest BCUT2D eigenvalue weighted by molar-refractivity contribution is -0.148. The van der Waals surface area contributed by atoms with Crippen LogP contribution in [0.2, 0.25) is 0 Å². The molecular weight excluding hydrogens is 306 g/mol. The van der Waals surface area contributed by atoms with Crippen LogP contribution in [0.25, 0.3) is 11.1 Å². The molecule has 5 heteroatoms. The number of hydrogen-bond acceptors (Lipinski definition) is 3. The molecule has 1 amide bonds. The van der Waals surface area contributed by atoms with Crippen molar-refractivity contribution in [3.05, 3.63) is 54.6 Å². The molecule has 1 fully saturated rings. The molecule has 5 nitrogen and oxygen atoms in total. The van der Waals surface area contributed by atoms with E-state index in [1.165, 1.54) is 4.90 Å². The van der Waals surface area contributed by atoms with Crippen molar-refractivity contribution in [1.82, 2.24) is 4.90 Å². The highest BCUT2D eigenvalue weighted by atomic mass is 16.5. The van der Waals surface area contributed by atoms with Crippen LogP contribution in [-0.2, 0) is 9.59 Å². The van der Waals surface area contributed by atoms with E-state index in [2.05, 4.69) is 0 Å². The Hall–Kier alpha value is -2.82. The van der Waals surface area contributed by atoms with Crippen LogP contribution in [0.3, 0.4) is 0 Å². The minimum absolute atomic E-state index is 0.159. The average molecular weight is 325 g/mol. The molecule has 24 heavy (non-hydrogen) atoms. The first kappa shape index (κ1) is 16.1. The van der Waals surface area contributed by atoms with Crippen molar-refractivity contribution >= 4 is 11.9 Å². The summed E-state index contributed by atoms with van der Waals surface area (Å²) in [5, 5.41) is 9.18. The number of para-hydroxylation sites is 1. The van der Waals surface area contributed by atoms with E-state index in [4.69, 9.17) is 4.74 Å². The summed E-state index contributed by atoms with van der Waals surface area (Å²) in [5.41, 5.74) is 1.91. The smallest absolute Gasteiger partial charge is 0.326 e. The fourth-order valence-corrected chi connectivity index (χ4v) is 2.99. The Morgan fingerprint density at radius 1 is 1.08 bits per heavy atom. The molecule has 0 radical (unpaired) electrons. The molecule has 2 aromatic rings. The zero-order valence-electron chi connectivity index (χ0n) is 13.2. The normalized spacial score (nSPS) is 16.8. The molecule has 0 saturated carbocycles. The van der Waals surface area contributed by atoms with Gasteiger partial charge in [0, 0.05) is 12.1 Å². The van der Waals surface area contributed by atoms with Gasteiger partial charge >= 0.3 is 5.97 Å². The van der Waals surface area contributed by atoms with Gasteiger partial charge in [-0.2, -0.15) is 0 Å². The van der Waals surface area contributed by atoms with Crippen LogP contribution in [0.15, 0.2) is 54.6 Å². The summed E-state index contributed by atoms with van der Waals surface area (Å²) in [5.74, 6) is -0.628. The molecular formula is C19H19NO4. The lowest BCUT2D eigenvalue weighted by atomic mass is 10.1. The van der Waals surface area contributed by atoms with Gasteiger partial charge in [0.2, 0.25) is 0 Å². The SMILES string of the molecule is O=C(O)C1CCCN1C(=O)COc1ccccc1-c1ccccc1. The van der Waals surface area contributed by atoms with E-state index in [9.17, 15) is 14.7 Å². The summed E-state index contributed by atoms with van der Waals surface area (Å²) in [6, 6.07) is 16.6. The maximum Gasteiger partial charge on any atom is 0.326 e. The number of aliphatic carboxylic acids is 1. The Balaban J connectivity index is 1.71. The summed E-state index contributed by atoms with van der Waals surface area (Å²) in [6.07, 6.45) is 1.21. The highest BCUT2D eigenvalue weighted by molar-refractivity contribution is 5.85. The first-order chi connectivity index (χ1) is 11.7. The number of hydrogen-bond donors (Lipinski definition) is 1. The number of benzene rings is 2. The maximum absolute atomic E-state index is 12.3. The maximum atomic E-state index is 12.3. The molecule has 0 spiro atoms. The van der Waals surface area contributed by atoms with E-state index < -0.39 is 12.0 Å². The lowest BCUT2D eigenvalue weighted by Crippen LogP contribution is -2.42. The molecule has 1 atom stereocenters. The largest absolute Gasteiger partial charge is 0.483 e. The number of rotatable bonds is 5. The molecule has 1 aliphatic heterocycles. The number of carboxylic acid groups (broad SMARTS) is 1. The first-order valence-corrected chi connectivity index (χ1v) is 7.96. The van der Waals surface area contributed by atoms with Crippen LogP contribution in [0.4, 0.5) is 0 Å². The highest BCUT2D eigenvalue weighted by Crippen LogP contribution is 2.29. The van der Waals surface area contributed by atoms with Gasteiger partial charge in [0.1, 0.15) is 11.8 Å². The van der Waals surface area contributed by atoms with E-state index in [0.717, 1.165) is 11.1 Å². The van der Waals surface area contributed by atoms with E-state index in [1.54, 1.807) is 0 Å². The summed E-state index contributed by atoms with van der Waals surface area (Å²) in [6.45, 7) is 0.313. The van der Waals surface area contributed by atoms with Crippen molar-refractivity contribution in [2.75, 3.05) is 13.2 Å². The number of likely N-dealkylation sites (tertiary alicyclic amines) is 1. The topological polar surface area (TPSA) is 66.8 Å². The van der Waals surface area contributed by atoms with Gasteiger partial charge in [0.25, 0.3) is 5.91 Å². The highest BCUT2D eigenvalue weighted by Gasteiger charge is 2.34. The second kappa shape index (κ2) is 7.17. The average Bonchev–Trinajstić information content (AvgIpc) is 3.11. The second-order valence-corrected chi connectivity index (χ2v) is 5.73. The molecule has 124 valence electrons. The molecule has 1 saturated heterocycles. The predicted molar refractivity (Wildman–Crippen MR) is 89.7 cm³/mol. The summed E-state index contributed by atoms with van der Waals surface area (Å²) in [7, 11) is 0. The van der Waals surface area contributed by atoms with Gasteiger partial charge < -0.3 is 14.7 Å². The van der Waals surface area contributed by atoms with E-state index in [-0.39, 0.29) is 12.5 Å². The van der Waals surface area contributed by atoms with Crippen molar-refractivity contribution in [1.29, 1.82) is 0 Å². The van der Waals surface area contributed by atoms with Crippen molar-refractivity contribution in [2.24, 2.45) is 0 Å². The molecule has 1 aliphatic rings. The molecule has 2 aromatic carbocycles. The number of carboxylic acids is 1. The first-order valence-electron chi connectivity index (χ1n) is 7.96. The van der Waals surface area contributed by atoms with E-state index in [1.807, 2.05) is 54.6 Å².